The van der Waals surface area contributed by atoms with Gasteiger partial charge in [-0.15, -0.1) is 0 Å². The van der Waals surface area contributed by atoms with Crippen molar-refractivity contribution < 1.29 is 19.1 Å². The van der Waals surface area contributed by atoms with Crippen molar-refractivity contribution in [3.63, 3.8) is 0 Å². The Bertz CT molecular complexity index is 1000. The van der Waals surface area contributed by atoms with Crippen molar-refractivity contribution >= 4 is 40.1 Å². The number of rotatable bonds is 7. The Hall–Kier alpha value is -2.84. The predicted molar refractivity (Wildman–Crippen MR) is 127 cm³/mol. The zero-order chi connectivity index (χ0) is 22.5. The van der Waals surface area contributed by atoms with E-state index in [0.29, 0.717) is 23.1 Å². The number of ether oxygens (including phenoxy) is 2. The lowest BCUT2D eigenvalue weighted by molar-refractivity contribution is -0.129. The van der Waals surface area contributed by atoms with Crippen molar-refractivity contribution in [2.24, 2.45) is 4.99 Å². The second-order valence-electron chi connectivity index (χ2n) is 7.87. The van der Waals surface area contributed by atoms with E-state index in [1.54, 1.807) is 24.1 Å². The predicted octanol–water partition coefficient (Wildman–Crippen LogP) is 4.14. The van der Waals surface area contributed by atoms with Crippen LogP contribution in [0.25, 0.3) is 0 Å². The molecule has 2 aromatic rings. The number of aliphatic imine (C=N–C) groups is 1. The van der Waals surface area contributed by atoms with Gasteiger partial charge in [0.1, 0.15) is 11.0 Å². The zero-order valence-electron chi connectivity index (χ0n) is 18.2. The molecule has 32 heavy (non-hydrogen) atoms. The number of para-hydroxylation sites is 2. The van der Waals surface area contributed by atoms with Crippen LogP contribution in [0.1, 0.15) is 24.8 Å². The molecule has 8 heteroatoms. The summed E-state index contributed by atoms with van der Waals surface area (Å²) in [5.74, 6) is 0.230. The van der Waals surface area contributed by atoms with Crippen LogP contribution in [-0.2, 0) is 14.3 Å². The van der Waals surface area contributed by atoms with Crippen molar-refractivity contribution in [3.8, 4) is 5.75 Å². The molecule has 168 valence electrons. The minimum atomic E-state index is -0.532. The fraction of sp³-hybridized carbons (Fsp3) is 0.375. The number of carbonyl (C=O) groups is 2. The second-order valence-corrected chi connectivity index (χ2v) is 9.04. The summed E-state index contributed by atoms with van der Waals surface area (Å²) in [5.41, 5.74) is 2.51. The van der Waals surface area contributed by atoms with Gasteiger partial charge in [0.15, 0.2) is 5.17 Å². The van der Waals surface area contributed by atoms with E-state index in [0.717, 1.165) is 30.7 Å². The fourth-order valence-corrected chi connectivity index (χ4v) is 4.90. The average molecular weight is 454 g/mol. The molecule has 0 saturated carbocycles. The van der Waals surface area contributed by atoms with Gasteiger partial charge in [-0.2, -0.15) is 0 Å². The molecule has 2 saturated heterocycles. The van der Waals surface area contributed by atoms with Gasteiger partial charge in [-0.1, -0.05) is 41.6 Å². The minimum Gasteiger partial charge on any atom is -0.495 e. The third kappa shape index (κ3) is 5.31. The van der Waals surface area contributed by atoms with Crippen molar-refractivity contribution in [1.29, 1.82) is 0 Å². The minimum absolute atomic E-state index is 0.00363. The third-order valence-electron chi connectivity index (χ3n) is 5.44. The Morgan fingerprint density at radius 3 is 2.75 bits per heavy atom. The molecule has 2 fully saturated rings. The Labute approximate surface area is 192 Å². The molecule has 2 atom stereocenters. The summed E-state index contributed by atoms with van der Waals surface area (Å²) in [5, 5.41) is 2.94. The van der Waals surface area contributed by atoms with E-state index >= 15 is 0 Å². The molecule has 0 aliphatic carbocycles. The molecule has 2 aromatic carbocycles. The standard InChI is InChI=1S/C24H27N3O4S/c1-16-9-11-17(12-10-16)25-24-27(15-18-6-5-13-31-18)23(29)21(32-24)14-22(28)26-19-7-3-4-8-20(19)30-2/h3-4,7-12,18,21H,5-6,13-15H2,1-2H3,(H,26,28). The molecular formula is C24H27N3O4S. The molecule has 2 aliphatic rings. The molecule has 0 aromatic heterocycles. The van der Waals surface area contributed by atoms with Crippen molar-refractivity contribution in [2.75, 3.05) is 25.6 Å². The van der Waals surface area contributed by atoms with Crippen LogP contribution in [-0.4, -0.2) is 53.5 Å². The summed E-state index contributed by atoms with van der Waals surface area (Å²) in [7, 11) is 1.55. The molecule has 7 nitrogen and oxygen atoms in total. The van der Waals surface area contributed by atoms with Crippen LogP contribution >= 0.6 is 11.8 Å². The van der Waals surface area contributed by atoms with Crippen LogP contribution in [0.2, 0.25) is 0 Å². The Balaban J connectivity index is 1.50. The molecule has 0 spiro atoms. The fourth-order valence-electron chi connectivity index (χ4n) is 3.73. The van der Waals surface area contributed by atoms with Crippen molar-refractivity contribution in [3.05, 3.63) is 54.1 Å². The average Bonchev–Trinajstić information content (AvgIpc) is 3.40. The van der Waals surface area contributed by atoms with E-state index in [-0.39, 0.29) is 24.3 Å². The number of amidine groups is 1. The SMILES string of the molecule is COc1ccccc1NC(=O)CC1SC(=Nc2ccc(C)cc2)N(CC2CCCO2)C1=O. The van der Waals surface area contributed by atoms with Gasteiger partial charge in [0, 0.05) is 13.0 Å². The molecule has 2 heterocycles. The van der Waals surface area contributed by atoms with Gasteiger partial charge >= 0.3 is 0 Å². The Morgan fingerprint density at radius 2 is 2.03 bits per heavy atom. The van der Waals surface area contributed by atoms with E-state index in [9.17, 15) is 9.59 Å². The number of aryl methyl sites for hydroxylation is 1. The first-order valence-electron chi connectivity index (χ1n) is 10.7. The molecular weight excluding hydrogens is 426 g/mol. The van der Waals surface area contributed by atoms with Crippen molar-refractivity contribution in [2.45, 2.75) is 37.5 Å². The number of anilines is 1. The van der Waals surface area contributed by atoms with E-state index in [2.05, 4.69) is 5.32 Å². The smallest absolute Gasteiger partial charge is 0.242 e. The summed E-state index contributed by atoms with van der Waals surface area (Å²) in [4.78, 5) is 32.3. The van der Waals surface area contributed by atoms with Gasteiger partial charge in [0.2, 0.25) is 11.8 Å². The monoisotopic (exact) mass is 453 g/mol. The largest absolute Gasteiger partial charge is 0.495 e. The van der Waals surface area contributed by atoms with E-state index in [1.165, 1.54) is 11.8 Å². The van der Waals surface area contributed by atoms with E-state index in [4.69, 9.17) is 14.5 Å². The lowest BCUT2D eigenvalue weighted by Crippen LogP contribution is -2.38. The third-order valence-corrected chi connectivity index (χ3v) is 6.62. The van der Waals surface area contributed by atoms with Gasteiger partial charge in [-0.3, -0.25) is 14.5 Å². The quantitative estimate of drug-likeness (QED) is 0.682. The number of carbonyl (C=O) groups excluding carboxylic acids is 2. The molecule has 1 N–H and O–H groups in total. The highest BCUT2D eigenvalue weighted by Crippen LogP contribution is 2.33. The van der Waals surface area contributed by atoms with Crippen LogP contribution in [0.5, 0.6) is 5.75 Å². The molecule has 4 rings (SSSR count). The van der Waals surface area contributed by atoms with Gasteiger partial charge in [0.25, 0.3) is 0 Å². The van der Waals surface area contributed by atoms with E-state index in [1.807, 2.05) is 43.3 Å². The van der Waals surface area contributed by atoms with Crippen LogP contribution in [0.15, 0.2) is 53.5 Å². The van der Waals surface area contributed by atoms with Crippen LogP contribution < -0.4 is 10.1 Å². The number of benzene rings is 2. The summed E-state index contributed by atoms with van der Waals surface area (Å²) in [6.45, 7) is 3.20. The zero-order valence-corrected chi connectivity index (χ0v) is 19.1. The maximum Gasteiger partial charge on any atom is 0.242 e. The van der Waals surface area contributed by atoms with Gasteiger partial charge in [-0.25, -0.2) is 4.99 Å². The second kappa shape index (κ2) is 10.2. The van der Waals surface area contributed by atoms with Crippen LogP contribution in [0.3, 0.4) is 0 Å². The normalized spacial score (nSPS) is 21.9. The number of hydrogen-bond acceptors (Lipinski definition) is 6. The number of amides is 2. The first-order chi connectivity index (χ1) is 15.5. The first kappa shape index (κ1) is 22.4. The highest BCUT2D eigenvalue weighted by atomic mass is 32.2. The molecule has 0 bridgehead atoms. The maximum atomic E-state index is 13.2. The van der Waals surface area contributed by atoms with E-state index < -0.39 is 5.25 Å². The topological polar surface area (TPSA) is 80.2 Å². The molecule has 0 radical (unpaired) electrons. The number of nitrogens with zero attached hydrogens (tertiary/aromatic N) is 2. The number of thioether (sulfide) groups is 1. The Morgan fingerprint density at radius 1 is 1.25 bits per heavy atom. The summed E-state index contributed by atoms with van der Waals surface area (Å²) >= 11 is 1.34. The summed E-state index contributed by atoms with van der Waals surface area (Å²) in [6, 6.07) is 15.0. The molecule has 2 amide bonds. The van der Waals surface area contributed by atoms with Crippen LogP contribution in [0, 0.1) is 6.92 Å². The maximum absolute atomic E-state index is 13.2. The summed E-state index contributed by atoms with van der Waals surface area (Å²) < 4.78 is 11.0. The summed E-state index contributed by atoms with van der Waals surface area (Å²) in [6.07, 6.45) is 1.97. The van der Waals surface area contributed by atoms with Crippen molar-refractivity contribution in [1.82, 2.24) is 4.90 Å². The van der Waals surface area contributed by atoms with Crippen LogP contribution in [0.4, 0.5) is 11.4 Å². The van der Waals surface area contributed by atoms with Gasteiger partial charge < -0.3 is 14.8 Å². The lowest BCUT2D eigenvalue weighted by atomic mass is 10.2. The number of nitrogens with one attached hydrogen (secondary N) is 1. The number of methoxy groups -OCH3 is 1. The first-order valence-corrected chi connectivity index (χ1v) is 11.6. The highest BCUT2D eigenvalue weighted by Gasteiger charge is 2.40. The number of hydrogen-bond donors (Lipinski definition) is 1. The highest BCUT2D eigenvalue weighted by molar-refractivity contribution is 8.15. The molecule has 2 aliphatic heterocycles. The lowest BCUT2D eigenvalue weighted by Gasteiger charge is -2.20. The molecule has 2 unspecified atom stereocenters. The Kier molecular flexibility index (Phi) is 7.12. The van der Waals surface area contributed by atoms with Gasteiger partial charge in [-0.05, 0) is 44.0 Å². The van der Waals surface area contributed by atoms with Gasteiger partial charge in [0.05, 0.1) is 31.1 Å².